The monoisotopic (exact) mass is 390 g/mol. The summed E-state index contributed by atoms with van der Waals surface area (Å²) >= 11 is 5.94. The van der Waals surface area contributed by atoms with Crippen molar-refractivity contribution >= 4 is 28.9 Å². The molecule has 2 fully saturated rings. The molecule has 0 aliphatic carbocycles. The summed E-state index contributed by atoms with van der Waals surface area (Å²) in [6.07, 6.45) is 1.66. The Hall–Kier alpha value is -2.15. The van der Waals surface area contributed by atoms with Crippen molar-refractivity contribution in [2.75, 3.05) is 36.5 Å². The molecule has 7 heteroatoms. The molecule has 2 heterocycles. The van der Waals surface area contributed by atoms with Crippen LogP contribution in [-0.2, 0) is 9.47 Å². The summed E-state index contributed by atoms with van der Waals surface area (Å²) in [7, 11) is 0. The number of nitrogens with one attached hydrogen (secondary N) is 1. The van der Waals surface area contributed by atoms with Crippen LogP contribution < -0.4 is 10.2 Å². The SMILES string of the molecule is O=C(Nc1ccc(N2CCC3(CC2)OCCO3)cc1)c1c(F)cccc1Cl. The van der Waals surface area contributed by atoms with Crippen LogP contribution in [0.25, 0.3) is 0 Å². The van der Waals surface area contributed by atoms with Gasteiger partial charge in [0.15, 0.2) is 5.79 Å². The molecule has 0 atom stereocenters. The summed E-state index contributed by atoms with van der Waals surface area (Å²) in [4.78, 5) is 14.6. The number of halogens is 2. The average molecular weight is 391 g/mol. The van der Waals surface area contributed by atoms with Crippen LogP contribution in [0.15, 0.2) is 42.5 Å². The molecular weight excluding hydrogens is 371 g/mol. The lowest BCUT2D eigenvalue weighted by molar-refractivity contribution is -0.169. The Bertz CT molecular complexity index is 807. The minimum atomic E-state index is -0.643. The van der Waals surface area contributed by atoms with Gasteiger partial charge in [0.2, 0.25) is 0 Å². The van der Waals surface area contributed by atoms with Crippen molar-refractivity contribution in [3.63, 3.8) is 0 Å². The van der Waals surface area contributed by atoms with E-state index in [1.54, 1.807) is 12.1 Å². The van der Waals surface area contributed by atoms with Crippen molar-refractivity contribution in [1.29, 1.82) is 0 Å². The molecule has 0 aromatic heterocycles. The molecule has 2 aromatic rings. The van der Waals surface area contributed by atoms with Crippen molar-refractivity contribution < 1.29 is 18.7 Å². The van der Waals surface area contributed by atoms with E-state index in [-0.39, 0.29) is 10.6 Å². The first-order valence-corrected chi connectivity index (χ1v) is 9.32. The van der Waals surface area contributed by atoms with Crippen LogP contribution in [0.3, 0.4) is 0 Å². The molecule has 142 valence electrons. The summed E-state index contributed by atoms with van der Waals surface area (Å²) in [5.41, 5.74) is 1.49. The van der Waals surface area contributed by atoms with Crippen LogP contribution >= 0.6 is 11.6 Å². The van der Waals surface area contributed by atoms with Crippen molar-refractivity contribution in [1.82, 2.24) is 0 Å². The van der Waals surface area contributed by atoms with Crippen LogP contribution in [0, 0.1) is 5.82 Å². The standard InChI is InChI=1S/C20H20ClFN2O3/c21-16-2-1-3-17(22)18(16)19(25)23-14-4-6-15(7-5-14)24-10-8-20(9-11-24)26-12-13-27-20/h1-7H,8-13H2,(H,23,25). The van der Waals surface area contributed by atoms with Gasteiger partial charge in [0, 0.05) is 37.3 Å². The number of ether oxygens (including phenoxy) is 2. The molecule has 0 bridgehead atoms. The third kappa shape index (κ3) is 3.78. The smallest absolute Gasteiger partial charge is 0.260 e. The minimum absolute atomic E-state index is 0.0858. The van der Waals surface area contributed by atoms with E-state index in [1.807, 2.05) is 12.1 Å². The fourth-order valence-electron chi connectivity index (χ4n) is 3.56. The maximum absolute atomic E-state index is 13.9. The van der Waals surface area contributed by atoms with Crippen LogP contribution in [0.5, 0.6) is 0 Å². The van der Waals surface area contributed by atoms with E-state index in [9.17, 15) is 9.18 Å². The Balaban J connectivity index is 1.40. The molecule has 5 nitrogen and oxygen atoms in total. The molecule has 0 radical (unpaired) electrons. The van der Waals surface area contributed by atoms with Gasteiger partial charge in [-0.2, -0.15) is 0 Å². The first-order chi connectivity index (χ1) is 13.1. The highest BCUT2D eigenvalue weighted by Gasteiger charge is 2.39. The molecular formula is C20H20ClFN2O3. The van der Waals surface area contributed by atoms with Gasteiger partial charge in [0.05, 0.1) is 23.8 Å². The molecule has 2 saturated heterocycles. The van der Waals surface area contributed by atoms with Crippen LogP contribution in [0.2, 0.25) is 5.02 Å². The van der Waals surface area contributed by atoms with E-state index < -0.39 is 17.5 Å². The predicted octanol–water partition coefficient (Wildman–Crippen LogP) is 4.07. The Morgan fingerprint density at radius 3 is 2.37 bits per heavy atom. The molecule has 2 aliphatic rings. The summed E-state index contributed by atoms with van der Waals surface area (Å²) in [6, 6.07) is 11.6. The highest BCUT2D eigenvalue weighted by molar-refractivity contribution is 6.34. The largest absolute Gasteiger partial charge is 0.371 e. The normalized spacial score (nSPS) is 18.7. The van der Waals surface area contributed by atoms with Crippen molar-refractivity contribution in [2.24, 2.45) is 0 Å². The molecule has 0 saturated carbocycles. The van der Waals surface area contributed by atoms with E-state index in [0.717, 1.165) is 31.6 Å². The quantitative estimate of drug-likeness (QED) is 0.858. The van der Waals surface area contributed by atoms with E-state index >= 15 is 0 Å². The number of nitrogens with zero attached hydrogens (tertiary/aromatic N) is 1. The average Bonchev–Trinajstić information content (AvgIpc) is 3.11. The van der Waals surface area contributed by atoms with Gasteiger partial charge in [-0.25, -0.2) is 4.39 Å². The van der Waals surface area contributed by atoms with E-state index in [4.69, 9.17) is 21.1 Å². The number of amides is 1. The molecule has 2 aliphatic heterocycles. The Kier molecular flexibility index (Phi) is 5.04. The first kappa shape index (κ1) is 18.2. The molecule has 1 spiro atoms. The number of benzene rings is 2. The molecule has 0 unspecified atom stereocenters. The van der Waals surface area contributed by atoms with Gasteiger partial charge in [0.1, 0.15) is 5.82 Å². The van der Waals surface area contributed by atoms with Gasteiger partial charge in [-0.15, -0.1) is 0 Å². The molecule has 1 N–H and O–H groups in total. The fourth-order valence-corrected chi connectivity index (χ4v) is 3.80. The highest BCUT2D eigenvalue weighted by atomic mass is 35.5. The Morgan fingerprint density at radius 2 is 1.74 bits per heavy atom. The van der Waals surface area contributed by atoms with Gasteiger partial charge >= 0.3 is 0 Å². The van der Waals surface area contributed by atoms with Gasteiger partial charge in [-0.1, -0.05) is 17.7 Å². The zero-order valence-corrected chi connectivity index (χ0v) is 15.5. The van der Waals surface area contributed by atoms with Gasteiger partial charge in [-0.05, 0) is 36.4 Å². The van der Waals surface area contributed by atoms with Crippen molar-refractivity contribution in [3.05, 3.63) is 58.9 Å². The maximum atomic E-state index is 13.9. The number of carbonyl (C=O) groups excluding carboxylic acids is 1. The van der Waals surface area contributed by atoms with Crippen LogP contribution in [0.1, 0.15) is 23.2 Å². The minimum Gasteiger partial charge on any atom is -0.371 e. The van der Waals surface area contributed by atoms with Gasteiger partial charge in [-0.3, -0.25) is 4.79 Å². The lowest BCUT2D eigenvalue weighted by atomic mass is 10.0. The predicted molar refractivity (Wildman–Crippen MR) is 102 cm³/mol. The number of anilines is 2. The zero-order valence-electron chi connectivity index (χ0n) is 14.7. The number of hydrogen-bond acceptors (Lipinski definition) is 4. The van der Waals surface area contributed by atoms with Crippen molar-refractivity contribution in [2.45, 2.75) is 18.6 Å². The Labute approximate surface area is 162 Å². The lowest BCUT2D eigenvalue weighted by Crippen LogP contribution is -2.45. The summed E-state index contributed by atoms with van der Waals surface area (Å²) < 4.78 is 25.4. The number of hydrogen-bond donors (Lipinski definition) is 1. The highest BCUT2D eigenvalue weighted by Crippen LogP contribution is 2.33. The van der Waals surface area contributed by atoms with E-state index in [1.165, 1.54) is 18.2 Å². The third-order valence-corrected chi connectivity index (χ3v) is 5.33. The topological polar surface area (TPSA) is 50.8 Å². The maximum Gasteiger partial charge on any atom is 0.260 e. The van der Waals surface area contributed by atoms with E-state index in [2.05, 4.69) is 10.2 Å². The van der Waals surface area contributed by atoms with Gasteiger partial charge in [0.25, 0.3) is 5.91 Å². The second-order valence-electron chi connectivity index (χ2n) is 6.69. The van der Waals surface area contributed by atoms with Crippen molar-refractivity contribution in [3.8, 4) is 0 Å². The molecule has 2 aromatic carbocycles. The van der Waals surface area contributed by atoms with Crippen LogP contribution in [-0.4, -0.2) is 38.0 Å². The molecule has 1 amide bonds. The fraction of sp³-hybridized carbons (Fsp3) is 0.350. The number of piperidine rings is 1. The Morgan fingerprint density at radius 1 is 1.07 bits per heavy atom. The second-order valence-corrected chi connectivity index (χ2v) is 7.10. The number of carbonyl (C=O) groups is 1. The zero-order chi connectivity index (χ0) is 18.9. The summed E-state index contributed by atoms with van der Waals surface area (Å²) in [5, 5.41) is 2.77. The summed E-state index contributed by atoms with van der Waals surface area (Å²) in [6.45, 7) is 3.02. The molecule has 4 rings (SSSR count). The third-order valence-electron chi connectivity index (χ3n) is 5.02. The number of rotatable bonds is 3. The lowest BCUT2D eigenvalue weighted by Gasteiger charge is -2.38. The van der Waals surface area contributed by atoms with Gasteiger partial charge < -0.3 is 19.7 Å². The second kappa shape index (κ2) is 7.46. The van der Waals surface area contributed by atoms with Crippen LogP contribution in [0.4, 0.5) is 15.8 Å². The first-order valence-electron chi connectivity index (χ1n) is 8.95. The van der Waals surface area contributed by atoms with E-state index in [0.29, 0.717) is 18.9 Å². The molecule has 27 heavy (non-hydrogen) atoms. The summed E-state index contributed by atoms with van der Waals surface area (Å²) in [5.74, 6) is -1.61.